The van der Waals surface area contributed by atoms with E-state index in [-0.39, 0.29) is 11.9 Å². The Balaban J connectivity index is 2.55. The van der Waals surface area contributed by atoms with Crippen molar-refractivity contribution in [2.45, 2.75) is 32.3 Å². The molecule has 0 saturated carbocycles. The van der Waals surface area contributed by atoms with Crippen molar-refractivity contribution in [3.05, 3.63) is 34.1 Å². The highest BCUT2D eigenvalue weighted by molar-refractivity contribution is 9.10. The van der Waals surface area contributed by atoms with Crippen molar-refractivity contribution in [3.63, 3.8) is 0 Å². The highest BCUT2D eigenvalue weighted by Crippen LogP contribution is 2.18. The van der Waals surface area contributed by atoms with Crippen LogP contribution >= 0.6 is 15.9 Å². The second kappa shape index (κ2) is 5.47. The van der Waals surface area contributed by atoms with E-state index in [2.05, 4.69) is 15.9 Å². The van der Waals surface area contributed by atoms with Gasteiger partial charge in [0.25, 0.3) is 0 Å². The molecule has 0 aliphatic carbocycles. The zero-order valence-electron chi connectivity index (χ0n) is 8.13. The fraction of sp³-hybridized carbons (Fsp3) is 0.455. The molecule has 0 aliphatic heterocycles. The zero-order valence-corrected chi connectivity index (χ0v) is 9.72. The lowest BCUT2D eigenvalue weighted by atomic mass is 10.1. The van der Waals surface area contributed by atoms with Crippen LogP contribution in [-0.2, 0) is 6.42 Å². The van der Waals surface area contributed by atoms with Gasteiger partial charge < -0.3 is 5.11 Å². The summed E-state index contributed by atoms with van der Waals surface area (Å²) in [6.45, 7) is 1.95. The Morgan fingerprint density at radius 1 is 1.50 bits per heavy atom. The summed E-state index contributed by atoms with van der Waals surface area (Å²) in [5, 5.41) is 9.36. The largest absolute Gasteiger partial charge is 0.393 e. The standard InChI is InChI=1S/C11H14BrFO/c1-2-9(14)5-3-8-4-6-11(13)10(12)7-8/h4,6-7,9,14H,2-3,5H2,1H3. The molecule has 1 atom stereocenters. The van der Waals surface area contributed by atoms with E-state index in [9.17, 15) is 9.50 Å². The van der Waals surface area contributed by atoms with Gasteiger partial charge in [-0.05, 0) is 52.9 Å². The molecule has 0 heterocycles. The van der Waals surface area contributed by atoms with E-state index >= 15 is 0 Å². The summed E-state index contributed by atoms with van der Waals surface area (Å²) in [4.78, 5) is 0. The van der Waals surface area contributed by atoms with E-state index in [1.54, 1.807) is 12.1 Å². The Hall–Kier alpha value is -0.410. The average Bonchev–Trinajstić information content (AvgIpc) is 2.19. The van der Waals surface area contributed by atoms with Gasteiger partial charge in [0.15, 0.2) is 0 Å². The highest BCUT2D eigenvalue weighted by atomic mass is 79.9. The maximum Gasteiger partial charge on any atom is 0.137 e. The summed E-state index contributed by atoms with van der Waals surface area (Å²) in [5.74, 6) is -0.246. The highest BCUT2D eigenvalue weighted by Gasteiger charge is 2.03. The molecule has 1 rings (SSSR count). The van der Waals surface area contributed by atoms with Gasteiger partial charge in [-0.3, -0.25) is 0 Å². The average molecular weight is 261 g/mol. The molecule has 14 heavy (non-hydrogen) atoms. The second-order valence-electron chi connectivity index (χ2n) is 3.35. The zero-order chi connectivity index (χ0) is 10.6. The van der Waals surface area contributed by atoms with E-state index in [0.717, 1.165) is 24.8 Å². The Bertz CT molecular complexity index is 301. The molecule has 1 aromatic rings. The minimum absolute atomic E-state index is 0.246. The Kier molecular flexibility index (Phi) is 4.55. The van der Waals surface area contributed by atoms with Crippen LogP contribution in [0, 0.1) is 5.82 Å². The molecule has 0 aliphatic rings. The summed E-state index contributed by atoms with van der Waals surface area (Å²) in [7, 11) is 0. The lowest BCUT2D eigenvalue weighted by Crippen LogP contribution is -2.05. The van der Waals surface area contributed by atoms with Crippen LogP contribution in [0.25, 0.3) is 0 Å². The molecule has 0 aromatic heterocycles. The molecule has 1 aromatic carbocycles. The van der Waals surface area contributed by atoms with Gasteiger partial charge in [0.05, 0.1) is 10.6 Å². The van der Waals surface area contributed by atoms with Gasteiger partial charge >= 0.3 is 0 Å². The van der Waals surface area contributed by atoms with Crippen molar-refractivity contribution in [1.29, 1.82) is 0 Å². The molecule has 78 valence electrons. The van der Waals surface area contributed by atoms with E-state index in [1.165, 1.54) is 6.07 Å². The van der Waals surface area contributed by atoms with Crippen LogP contribution < -0.4 is 0 Å². The third kappa shape index (κ3) is 3.39. The predicted molar refractivity (Wildman–Crippen MR) is 58.7 cm³/mol. The molecule has 0 amide bonds. The Morgan fingerprint density at radius 2 is 2.21 bits per heavy atom. The van der Waals surface area contributed by atoms with E-state index in [1.807, 2.05) is 6.92 Å². The smallest absolute Gasteiger partial charge is 0.137 e. The monoisotopic (exact) mass is 260 g/mol. The number of halogens is 2. The first-order chi connectivity index (χ1) is 6.63. The quantitative estimate of drug-likeness (QED) is 0.881. The summed E-state index contributed by atoms with van der Waals surface area (Å²) < 4.78 is 13.4. The summed E-state index contributed by atoms with van der Waals surface area (Å²) >= 11 is 3.13. The second-order valence-corrected chi connectivity index (χ2v) is 4.20. The molecule has 1 unspecified atom stereocenters. The van der Waals surface area contributed by atoms with Gasteiger partial charge in [0, 0.05) is 0 Å². The molecule has 3 heteroatoms. The van der Waals surface area contributed by atoms with Gasteiger partial charge in [-0.1, -0.05) is 13.0 Å². The van der Waals surface area contributed by atoms with Crippen LogP contribution in [0.1, 0.15) is 25.3 Å². The molecular formula is C11H14BrFO. The predicted octanol–water partition coefficient (Wildman–Crippen LogP) is 3.29. The summed E-state index contributed by atoms with van der Waals surface area (Å²) in [5.41, 5.74) is 1.05. The van der Waals surface area contributed by atoms with Gasteiger partial charge in [0.2, 0.25) is 0 Å². The van der Waals surface area contributed by atoms with Crippen molar-refractivity contribution >= 4 is 15.9 Å². The molecule has 0 bridgehead atoms. The fourth-order valence-corrected chi connectivity index (χ4v) is 1.66. The molecular weight excluding hydrogens is 247 g/mol. The van der Waals surface area contributed by atoms with Crippen LogP contribution in [0.2, 0.25) is 0 Å². The van der Waals surface area contributed by atoms with Gasteiger partial charge in [-0.25, -0.2) is 4.39 Å². The van der Waals surface area contributed by atoms with Crippen molar-refractivity contribution in [2.24, 2.45) is 0 Å². The fourth-order valence-electron chi connectivity index (χ4n) is 1.23. The molecule has 0 spiro atoms. The van der Waals surface area contributed by atoms with Crippen molar-refractivity contribution in [2.75, 3.05) is 0 Å². The SMILES string of the molecule is CCC(O)CCc1ccc(F)c(Br)c1. The summed E-state index contributed by atoms with van der Waals surface area (Å²) in [6, 6.07) is 4.96. The molecule has 1 nitrogen and oxygen atoms in total. The van der Waals surface area contributed by atoms with Crippen LogP contribution in [0.4, 0.5) is 4.39 Å². The Labute approximate surface area is 92.1 Å². The maximum atomic E-state index is 12.9. The first-order valence-electron chi connectivity index (χ1n) is 4.75. The van der Waals surface area contributed by atoms with E-state index in [4.69, 9.17) is 0 Å². The molecule has 0 radical (unpaired) electrons. The van der Waals surface area contributed by atoms with Crippen molar-refractivity contribution in [1.82, 2.24) is 0 Å². The topological polar surface area (TPSA) is 20.2 Å². The number of aliphatic hydroxyl groups excluding tert-OH is 1. The molecule has 1 N–H and O–H groups in total. The lowest BCUT2D eigenvalue weighted by Gasteiger charge is -2.07. The first-order valence-corrected chi connectivity index (χ1v) is 5.54. The minimum atomic E-state index is -0.251. The van der Waals surface area contributed by atoms with Crippen LogP contribution in [0.15, 0.2) is 22.7 Å². The van der Waals surface area contributed by atoms with Crippen LogP contribution in [-0.4, -0.2) is 11.2 Å². The number of hydrogen-bond donors (Lipinski definition) is 1. The number of aliphatic hydroxyl groups is 1. The Morgan fingerprint density at radius 3 is 2.79 bits per heavy atom. The lowest BCUT2D eigenvalue weighted by molar-refractivity contribution is 0.160. The third-order valence-electron chi connectivity index (χ3n) is 2.22. The number of rotatable bonds is 4. The minimum Gasteiger partial charge on any atom is -0.393 e. The first kappa shape index (κ1) is 11.7. The summed E-state index contributed by atoms with van der Waals surface area (Å²) in [6.07, 6.45) is 2.03. The van der Waals surface area contributed by atoms with Crippen LogP contribution in [0.3, 0.4) is 0 Å². The molecule has 0 fully saturated rings. The van der Waals surface area contributed by atoms with Crippen molar-refractivity contribution in [3.8, 4) is 0 Å². The van der Waals surface area contributed by atoms with Crippen LogP contribution in [0.5, 0.6) is 0 Å². The number of aryl methyl sites for hydroxylation is 1. The van der Waals surface area contributed by atoms with Gasteiger partial charge in [-0.2, -0.15) is 0 Å². The van der Waals surface area contributed by atoms with E-state index in [0.29, 0.717) is 4.47 Å². The van der Waals surface area contributed by atoms with E-state index < -0.39 is 0 Å². The maximum absolute atomic E-state index is 12.9. The van der Waals surface area contributed by atoms with Crippen molar-refractivity contribution < 1.29 is 9.50 Å². The third-order valence-corrected chi connectivity index (χ3v) is 2.83. The molecule has 0 saturated heterocycles. The number of hydrogen-bond acceptors (Lipinski definition) is 1. The van der Waals surface area contributed by atoms with Gasteiger partial charge in [-0.15, -0.1) is 0 Å². The van der Waals surface area contributed by atoms with Gasteiger partial charge in [0.1, 0.15) is 5.82 Å². The number of benzene rings is 1. The normalized spacial score (nSPS) is 12.9.